The first kappa shape index (κ1) is 35.1. The maximum atomic E-state index is 2.58. The van der Waals surface area contributed by atoms with Gasteiger partial charge in [0.2, 0.25) is 0 Å². The maximum absolute atomic E-state index is 2.58. The summed E-state index contributed by atoms with van der Waals surface area (Å²) in [5.41, 5.74) is 14.2. The molecule has 0 spiro atoms. The first-order valence-corrected chi connectivity index (χ1v) is 23.1. The molecule has 5 heteroatoms. The topological polar surface area (TPSA) is 19.7 Å². The lowest BCUT2D eigenvalue weighted by Gasteiger charge is -2.15. The number of benzene rings is 10. The minimum atomic E-state index is 1.15. The molecular formula is C60H36N4S. The van der Waals surface area contributed by atoms with Crippen LogP contribution in [0.5, 0.6) is 0 Å². The highest BCUT2D eigenvalue weighted by atomic mass is 32.1. The lowest BCUT2D eigenvalue weighted by Crippen LogP contribution is -2.01. The summed E-state index contributed by atoms with van der Waals surface area (Å²) in [6, 6.07) is 80.8. The van der Waals surface area contributed by atoms with Gasteiger partial charge < -0.3 is 18.3 Å². The van der Waals surface area contributed by atoms with Gasteiger partial charge in [0.25, 0.3) is 0 Å². The Hall–Kier alpha value is -8.38. The molecule has 15 rings (SSSR count). The summed E-state index contributed by atoms with van der Waals surface area (Å²) < 4.78 is 12.6. The van der Waals surface area contributed by atoms with E-state index in [0.717, 1.165) is 17.1 Å². The van der Waals surface area contributed by atoms with Crippen LogP contribution in [0.25, 0.3) is 130 Å². The average Bonchev–Trinajstić information content (AvgIpc) is 4.16. The van der Waals surface area contributed by atoms with Gasteiger partial charge in [-0.15, -0.1) is 11.3 Å². The number of hydrogen-bond donors (Lipinski definition) is 0. The molecule has 0 atom stereocenters. The van der Waals surface area contributed by atoms with Crippen molar-refractivity contribution >= 4 is 119 Å². The van der Waals surface area contributed by atoms with Gasteiger partial charge in [-0.3, -0.25) is 0 Å². The van der Waals surface area contributed by atoms with Crippen LogP contribution in [0, 0.1) is 0 Å². The Morgan fingerprint density at radius 2 is 0.646 bits per heavy atom. The second-order valence-corrected chi connectivity index (χ2v) is 18.3. The molecule has 5 aromatic heterocycles. The fraction of sp³-hybridized carbons (Fsp3) is 0. The quantitative estimate of drug-likeness (QED) is 0.168. The van der Waals surface area contributed by atoms with Gasteiger partial charge in [-0.2, -0.15) is 0 Å². The van der Waals surface area contributed by atoms with Crippen LogP contribution in [0.2, 0.25) is 0 Å². The van der Waals surface area contributed by atoms with Crippen molar-refractivity contribution < 1.29 is 0 Å². The Labute approximate surface area is 376 Å². The smallest absolute Gasteiger partial charge is 0.0782 e. The zero-order valence-electron chi connectivity index (χ0n) is 35.0. The van der Waals surface area contributed by atoms with Crippen molar-refractivity contribution in [3.8, 4) is 22.7 Å². The molecule has 0 aliphatic carbocycles. The number of para-hydroxylation sites is 6. The Morgan fingerprint density at radius 3 is 1.22 bits per heavy atom. The molecule has 0 amide bonds. The molecule has 0 fully saturated rings. The summed E-state index contributed by atoms with van der Waals surface area (Å²) in [7, 11) is 0. The molecule has 0 aliphatic rings. The largest absolute Gasteiger partial charge is 0.309 e. The van der Waals surface area contributed by atoms with Crippen molar-refractivity contribution in [2.75, 3.05) is 0 Å². The van der Waals surface area contributed by atoms with Gasteiger partial charge in [0.05, 0.1) is 60.2 Å². The number of aromatic nitrogens is 4. The minimum absolute atomic E-state index is 1.15. The van der Waals surface area contributed by atoms with Crippen LogP contribution in [-0.4, -0.2) is 18.3 Å². The van der Waals surface area contributed by atoms with E-state index < -0.39 is 0 Å². The number of thiophene rings is 1. The monoisotopic (exact) mass is 844 g/mol. The highest BCUT2D eigenvalue weighted by Gasteiger charge is 2.25. The number of hydrogen-bond acceptors (Lipinski definition) is 1. The molecule has 0 bridgehead atoms. The fourth-order valence-electron chi connectivity index (χ4n) is 11.2. The van der Waals surface area contributed by atoms with Crippen LogP contribution in [0.1, 0.15) is 0 Å². The van der Waals surface area contributed by atoms with E-state index in [4.69, 9.17) is 0 Å². The number of fused-ring (bicyclic) bond motifs is 15. The number of nitrogens with zero attached hydrogens (tertiary/aromatic N) is 4. The summed E-state index contributed by atoms with van der Waals surface area (Å²) >= 11 is 1.89. The van der Waals surface area contributed by atoms with Gasteiger partial charge in [0.1, 0.15) is 0 Å². The molecular weight excluding hydrogens is 809 g/mol. The molecule has 65 heavy (non-hydrogen) atoms. The van der Waals surface area contributed by atoms with E-state index >= 15 is 0 Å². The van der Waals surface area contributed by atoms with E-state index in [1.165, 1.54) is 113 Å². The zero-order valence-corrected chi connectivity index (χ0v) is 35.8. The van der Waals surface area contributed by atoms with E-state index in [9.17, 15) is 0 Å². The minimum Gasteiger partial charge on any atom is -0.309 e. The van der Waals surface area contributed by atoms with Gasteiger partial charge in [-0.05, 0) is 84.9 Å². The zero-order chi connectivity index (χ0) is 42.3. The maximum Gasteiger partial charge on any atom is 0.0782 e. The molecule has 0 radical (unpaired) electrons. The summed E-state index contributed by atoms with van der Waals surface area (Å²) in [6.45, 7) is 0. The third kappa shape index (κ3) is 4.74. The van der Waals surface area contributed by atoms with Crippen LogP contribution < -0.4 is 0 Å². The van der Waals surface area contributed by atoms with Crippen LogP contribution in [0.15, 0.2) is 218 Å². The standard InChI is InChI=1S/C60H36N4S/c1-3-17-37(18-4-1)61-49-27-11-8-22-40(49)45-33-56-47(35-54(45)61)48-36-55-46(41-23-9-12-28-50(41)62(55)38-19-5-2-6-20-38)34-57(48)63(56)52-30-15-25-43-39-21-7-13-29-51(39)64(59(43)52)53-31-16-26-44-42-24-10-14-32-58(42)65-60(44)53/h1-36H. The van der Waals surface area contributed by atoms with Crippen molar-refractivity contribution in [3.05, 3.63) is 218 Å². The van der Waals surface area contributed by atoms with E-state index in [1.807, 2.05) is 11.3 Å². The second kappa shape index (κ2) is 13.1. The van der Waals surface area contributed by atoms with Crippen molar-refractivity contribution in [2.45, 2.75) is 0 Å². The molecule has 10 aromatic carbocycles. The Kier molecular flexibility index (Phi) is 7.07. The first-order valence-electron chi connectivity index (χ1n) is 22.3. The molecule has 0 N–H and O–H groups in total. The Balaban J connectivity index is 1.15. The van der Waals surface area contributed by atoms with Gasteiger partial charge in [0.15, 0.2) is 0 Å². The van der Waals surface area contributed by atoms with Crippen LogP contribution in [-0.2, 0) is 0 Å². The summed E-state index contributed by atoms with van der Waals surface area (Å²) in [5.74, 6) is 0. The molecule has 0 saturated heterocycles. The lowest BCUT2D eigenvalue weighted by atomic mass is 10.1. The molecule has 0 unspecified atom stereocenters. The van der Waals surface area contributed by atoms with Crippen LogP contribution >= 0.6 is 11.3 Å². The fourth-order valence-corrected chi connectivity index (χ4v) is 12.5. The normalized spacial score (nSPS) is 12.3. The highest BCUT2D eigenvalue weighted by molar-refractivity contribution is 7.26. The molecule has 4 nitrogen and oxygen atoms in total. The van der Waals surface area contributed by atoms with E-state index in [2.05, 4.69) is 237 Å². The van der Waals surface area contributed by atoms with Gasteiger partial charge >= 0.3 is 0 Å². The van der Waals surface area contributed by atoms with Gasteiger partial charge in [-0.25, -0.2) is 0 Å². The van der Waals surface area contributed by atoms with E-state index in [0.29, 0.717) is 0 Å². The molecule has 5 heterocycles. The van der Waals surface area contributed by atoms with Crippen molar-refractivity contribution in [2.24, 2.45) is 0 Å². The molecule has 0 aliphatic heterocycles. The van der Waals surface area contributed by atoms with Crippen LogP contribution in [0.4, 0.5) is 0 Å². The highest BCUT2D eigenvalue weighted by Crippen LogP contribution is 2.46. The predicted molar refractivity (Wildman–Crippen MR) is 277 cm³/mol. The summed E-state index contributed by atoms with van der Waals surface area (Å²) in [5, 5.41) is 12.4. The van der Waals surface area contributed by atoms with Gasteiger partial charge in [-0.1, -0.05) is 133 Å². The molecule has 15 aromatic rings. The number of rotatable bonds is 4. The first-order chi connectivity index (χ1) is 32.3. The molecule has 0 saturated carbocycles. The average molecular weight is 845 g/mol. The van der Waals surface area contributed by atoms with Crippen LogP contribution in [0.3, 0.4) is 0 Å². The third-order valence-corrected chi connectivity index (χ3v) is 15.1. The molecule has 302 valence electrons. The summed E-state index contributed by atoms with van der Waals surface area (Å²) in [6.07, 6.45) is 0. The third-order valence-electron chi connectivity index (χ3n) is 13.9. The van der Waals surface area contributed by atoms with E-state index in [1.54, 1.807) is 0 Å². The van der Waals surface area contributed by atoms with E-state index in [-0.39, 0.29) is 0 Å². The van der Waals surface area contributed by atoms with Gasteiger partial charge in [0, 0.05) is 69.9 Å². The van der Waals surface area contributed by atoms with Crippen molar-refractivity contribution in [3.63, 3.8) is 0 Å². The Morgan fingerprint density at radius 1 is 0.246 bits per heavy atom. The van der Waals surface area contributed by atoms with Crippen molar-refractivity contribution in [1.29, 1.82) is 0 Å². The second-order valence-electron chi connectivity index (χ2n) is 17.3. The van der Waals surface area contributed by atoms with Crippen molar-refractivity contribution in [1.82, 2.24) is 18.3 Å². The SMILES string of the molecule is c1ccc(-n2c3ccccc3c3cc4c(cc32)c2cc3c(cc2n4-c2cccc4c5ccccc5n(-c5cccc6c5sc5ccccc56)c24)c2ccccc2n3-c2ccccc2)cc1. The summed E-state index contributed by atoms with van der Waals surface area (Å²) in [4.78, 5) is 0. The lowest BCUT2D eigenvalue weighted by molar-refractivity contribution is 1.14. The Bertz CT molecular complexity index is 4290. The predicted octanol–water partition coefficient (Wildman–Crippen LogP) is 16.4.